The fraction of sp³-hybridized carbons (Fsp3) is 0.471. The third kappa shape index (κ3) is 3.66. The van der Waals surface area contributed by atoms with E-state index in [1.807, 2.05) is 6.92 Å². The molecule has 1 fully saturated rings. The van der Waals surface area contributed by atoms with E-state index in [0.29, 0.717) is 12.1 Å². The zero-order chi connectivity index (χ0) is 19.1. The van der Waals surface area contributed by atoms with Crippen LogP contribution in [0.5, 0.6) is 0 Å². The highest BCUT2D eigenvalue weighted by Gasteiger charge is 2.42. The molecule has 26 heavy (non-hydrogen) atoms. The first-order chi connectivity index (χ1) is 12.2. The highest BCUT2D eigenvalue weighted by atomic mass is 19.1. The molecule has 9 heteroatoms. The molecule has 1 aliphatic carbocycles. The number of benzene rings is 1. The molecule has 3 rings (SSSR count). The fourth-order valence-corrected chi connectivity index (χ4v) is 3.15. The lowest BCUT2D eigenvalue weighted by molar-refractivity contribution is 0.0915. The van der Waals surface area contributed by atoms with Gasteiger partial charge in [0, 0.05) is 31.3 Å². The van der Waals surface area contributed by atoms with Crippen molar-refractivity contribution in [1.29, 1.82) is 0 Å². The van der Waals surface area contributed by atoms with Gasteiger partial charge < -0.3 is 5.32 Å². The van der Waals surface area contributed by atoms with Gasteiger partial charge in [-0.2, -0.15) is 0 Å². The zero-order valence-electron chi connectivity index (χ0n) is 14.4. The zero-order valence-corrected chi connectivity index (χ0v) is 14.4. The molecule has 1 aromatic carbocycles. The monoisotopic (exact) mass is 368 g/mol. The smallest absolute Gasteiger partial charge is 0.343 e. The van der Waals surface area contributed by atoms with Crippen molar-refractivity contribution in [3.63, 3.8) is 0 Å². The molecule has 1 heterocycles. The number of nitrogens with zero attached hydrogens (tertiary/aromatic N) is 2. The van der Waals surface area contributed by atoms with Gasteiger partial charge in [-0.15, -0.1) is 5.10 Å². The SMILES string of the molecule is Cn1nc(C(=O)NCC(C)(Cc2c(F)cc(F)cc2F)C2CC2)[nH]c1=O. The quantitative estimate of drug-likeness (QED) is 0.818. The summed E-state index contributed by atoms with van der Waals surface area (Å²) in [6.45, 7) is 1.97. The van der Waals surface area contributed by atoms with Crippen molar-refractivity contribution < 1.29 is 18.0 Å². The van der Waals surface area contributed by atoms with Crippen molar-refractivity contribution >= 4 is 5.91 Å². The van der Waals surface area contributed by atoms with Crippen molar-refractivity contribution in [2.45, 2.75) is 26.2 Å². The van der Waals surface area contributed by atoms with E-state index < -0.39 is 34.5 Å². The molecule has 2 N–H and O–H groups in total. The normalized spacial score (nSPS) is 16.3. The van der Waals surface area contributed by atoms with Crippen LogP contribution >= 0.6 is 0 Å². The largest absolute Gasteiger partial charge is 0.349 e. The minimum atomic E-state index is -0.968. The molecule has 1 saturated carbocycles. The van der Waals surface area contributed by atoms with E-state index in [-0.39, 0.29) is 30.3 Å². The lowest BCUT2D eigenvalue weighted by Crippen LogP contribution is -2.39. The van der Waals surface area contributed by atoms with E-state index in [4.69, 9.17) is 0 Å². The average Bonchev–Trinajstić information content (AvgIpc) is 3.36. The van der Waals surface area contributed by atoms with E-state index in [1.54, 1.807) is 0 Å². The number of aromatic amines is 1. The van der Waals surface area contributed by atoms with Gasteiger partial charge in [-0.25, -0.2) is 22.6 Å². The highest BCUT2D eigenvalue weighted by molar-refractivity contribution is 5.90. The van der Waals surface area contributed by atoms with Crippen LogP contribution in [-0.2, 0) is 13.5 Å². The third-order valence-electron chi connectivity index (χ3n) is 4.89. The molecular weight excluding hydrogens is 349 g/mol. The predicted molar refractivity (Wildman–Crippen MR) is 87.0 cm³/mol. The molecule has 1 aromatic heterocycles. The van der Waals surface area contributed by atoms with Crippen LogP contribution in [0.1, 0.15) is 35.9 Å². The number of carbonyl (C=O) groups excluding carboxylic acids is 1. The van der Waals surface area contributed by atoms with E-state index in [1.165, 1.54) is 7.05 Å². The summed E-state index contributed by atoms with van der Waals surface area (Å²) in [5.41, 5.74) is -1.32. The summed E-state index contributed by atoms with van der Waals surface area (Å²) in [5, 5.41) is 6.44. The molecule has 1 amide bonds. The third-order valence-corrected chi connectivity index (χ3v) is 4.89. The average molecular weight is 368 g/mol. The first-order valence-electron chi connectivity index (χ1n) is 8.24. The second-order valence-electron chi connectivity index (χ2n) is 7.04. The van der Waals surface area contributed by atoms with Gasteiger partial charge in [-0.3, -0.25) is 9.78 Å². The Kier molecular flexibility index (Phi) is 4.64. The van der Waals surface area contributed by atoms with Gasteiger partial charge in [0.1, 0.15) is 17.5 Å². The Balaban J connectivity index is 1.76. The molecule has 0 saturated heterocycles. The maximum atomic E-state index is 14.0. The molecule has 0 spiro atoms. The summed E-state index contributed by atoms with van der Waals surface area (Å²) >= 11 is 0. The Morgan fingerprint density at radius 3 is 2.46 bits per heavy atom. The van der Waals surface area contributed by atoms with Crippen LogP contribution in [-0.4, -0.2) is 27.2 Å². The number of amides is 1. The second-order valence-corrected chi connectivity index (χ2v) is 7.04. The van der Waals surface area contributed by atoms with E-state index >= 15 is 0 Å². The van der Waals surface area contributed by atoms with Crippen LogP contribution in [0.2, 0.25) is 0 Å². The van der Waals surface area contributed by atoms with Crippen LogP contribution < -0.4 is 11.0 Å². The van der Waals surface area contributed by atoms with Gasteiger partial charge in [0.25, 0.3) is 5.91 Å². The first kappa shape index (κ1) is 18.2. The van der Waals surface area contributed by atoms with Crippen LogP contribution in [0.25, 0.3) is 0 Å². The first-order valence-corrected chi connectivity index (χ1v) is 8.24. The summed E-state index contributed by atoms with van der Waals surface area (Å²) in [4.78, 5) is 25.9. The van der Waals surface area contributed by atoms with Crippen LogP contribution in [0.4, 0.5) is 13.2 Å². The second kappa shape index (κ2) is 6.62. The van der Waals surface area contributed by atoms with Gasteiger partial charge in [0.2, 0.25) is 5.82 Å². The molecule has 1 unspecified atom stereocenters. The summed E-state index contributed by atoms with van der Waals surface area (Å²) in [6.07, 6.45) is 1.79. The maximum Gasteiger partial charge on any atom is 0.343 e. The lowest BCUT2D eigenvalue weighted by Gasteiger charge is -2.30. The van der Waals surface area contributed by atoms with Crippen LogP contribution in [0, 0.1) is 28.8 Å². The summed E-state index contributed by atoms with van der Waals surface area (Å²) in [6, 6.07) is 1.31. The number of aromatic nitrogens is 3. The molecule has 1 aliphatic rings. The molecular formula is C17H19F3N4O2. The number of nitrogens with one attached hydrogen (secondary N) is 2. The van der Waals surface area contributed by atoms with Crippen molar-refractivity contribution in [3.8, 4) is 0 Å². The van der Waals surface area contributed by atoms with Gasteiger partial charge in [0.05, 0.1) is 0 Å². The Labute approximate surface area is 147 Å². The number of hydrogen-bond acceptors (Lipinski definition) is 3. The van der Waals surface area contributed by atoms with Crippen molar-refractivity contribution in [2.24, 2.45) is 18.4 Å². The van der Waals surface area contributed by atoms with Gasteiger partial charge >= 0.3 is 5.69 Å². The van der Waals surface area contributed by atoms with Crippen molar-refractivity contribution in [3.05, 3.63) is 51.5 Å². The topological polar surface area (TPSA) is 79.8 Å². The summed E-state index contributed by atoms with van der Waals surface area (Å²) < 4.78 is 42.1. The number of hydrogen-bond donors (Lipinski definition) is 2. The molecule has 0 radical (unpaired) electrons. The minimum Gasteiger partial charge on any atom is -0.349 e. The van der Waals surface area contributed by atoms with Gasteiger partial charge in [0.15, 0.2) is 0 Å². The molecule has 140 valence electrons. The standard InChI is InChI=1S/C17H19F3N4O2/c1-17(9-3-4-9,7-11-12(19)5-10(18)6-13(11)20)8-21-15(25)14-22-16(26)24(2)23-14/h5-6,9H,3-4,7-8H2,1-2H3,(H,21,25)(H,22,23,26). The minimum absolute atomic E-state index is 0.0225. The number of carbonyl (C=O) groups is 1. The number of rotatable bonds is 6. The Hall–Kier alpha value is -2.58. The molecule has 2 aromatic rings. The van der Waals surface area contributed by atoms with Gasteiger partial charge in [-0.05, 0) is 30.6 Å². The molecule has 6 nitrogen and oxygen atoms in total. The number of aryl methyl sites for hydroxylation is 1. The molecule has 0 bridgehead atoms. The lowest BCUT2D eigenvalue weighted by atomic mass is 9.78. The maximum absolute atomic E-state index is 14.0. The summed E-state index contributed by atoms with van der Waals surface area (Å²) in [5.74, 6) is -3.35. The Morgan fingerprint density at radius 1 is 1.35 bits per heavy atom. The molecule has 1 atom stereocenters. The number of halogens is 3. The van der Waals surface area contributed by atoms with Crippen LogP contribution in [0.3, 0.4) is 0 Å². The Morgan fingerprint density at radius 2 is 1.96 bits per heavy atom. The molecule has 0 aliphatic heterocycles. The van der Waals surface area contributed by atoms with Crippen LogP contribution in [0.15, 0.2) is 16.9 Å². The predicted octanol–water partition coefficient (Wildman–Crippen LogP) is 1.91. The fourth-order valence-electron chi connectivity index (χ4n) is 3.15. The van der Waals surface area contributed by atoms with E-state index in [9.17, 15) is 22.8 Å². The van der Waals surface area contributed by atoms with Crippen molar-refractivity contribution in [1.82, 2.24) is 20.1 Å². The van der Waals surface area contributed by atoms with E-state index in [2.05, 4.69) is 15.4 Å². The van der Waals surface area contributed by atoms with E-state index in [0.717, 1.165) is 17.5 Å². The Bertz CT molecular complexity index is 881. The highest BCUT2D eigenvalue weighted by Crippen LogP contribution is 2.47. The summed E-state index contributed by atoms with van der Waals surface area (Å²) in [7, 11) is 1.41. The van der Waals surface area contributed by atoms with Crippen molar-refractivity contribution in [2.75, 3.05) is 6.54 Å². The number of H-pyrrole nitrogens is 1. The van der Waals surface area contributed by atoms with Gasteiger partial charge in [-0.1, -0.05) is 6.92 Å².